The quantitative estimate of drug-likeness (QED) is 0.796. The monoisotopic (exact) mass is 230 g/mol. The summed E-state index contributed by atoms with van der Waals surface area (Å²) in [5.41, 5.74) is 0.650. The molecular weight excluding hydrogens is 212 g/mol. The van der Waals surface area contributed by atoms with E-state index >= 15 is 0 Å². The summed E-state index contributed by atoms with van der Waals surface area (Å²) in [7, 11) is 0. The fraction of sp³-hybridized carbons (Fsp3) is 0.500. The van der Waals surface area contributed by atoms with Gasteiger partial charge in [-0.3, -0.25) is 4.90 Å². The van der Waals surface area contributed by atoms with Crippen LogP contribution in [-0.4, -0.2) is 31.1 Å². The highest BCUT2D eigenvalue weighted by atomic mass is 16.5. The number of benzene rings is 1. The average Bonchev–Trinajstić information content (AvgIpc) is 2.75. The van der Waals surface area contributed by atoms with Crippen molar-refractivity contribution in [3.8, 4) is 11.8 Å². The zero-order valence-corrected chi connectivity index (χ0v) is 10.2. The first-order valence-electron chi connectivity index (χ1n) is 6.13. The van der Waals surface area contributed by atoms with Crippen LogP contribution in [0.25, 0.3) is 0 Å². The Morgan fingerprint density at radius 3 is 3.12 bits per heavy atom. The van der Waals surface area contributed by atoms with Crippen molar-refractivity contribution in [2.24, 2.45) is 5.92 Å². The molecule has 0 bridgehead atoms. The molecule has 0 aliphatic carbocycles. The Morgan fingerprint density at radius 2 is 2.41 bits per heavy atom. The van der Waals surface area contributed by atoms with E-state index in [1.54, 1.807) is 12.1 Å². The van der Waals surface area contributed by atoms with Crippen LogP contribution in [0.2, 0.25) is 0 Å². The molecule has 1 aromatic carbocycles. The highest BCUT2D eigenvalue weighted by Gasteiger charge is 2.17. The molecule has 1 atom stereocenters. The van der Waals surface area contributed by atoms with E-state index in [1.807, 2.05) is 12.1 Å². The van der Waals surface area contributed by atoms with E-state index in [0.29, 0.717) is 12.2 Å². The molecule has 1 heterocycles. The Morgan fingerprint density at radius 1 is 1.53 bits per heavy atom. The van der Waals surface area contributed by atoms with Crippen LogP contribution in [0.15, 0.2) is 24.3 Å². The Hall–Kier alpha value is -1.53. The van der Waals surface area contributed by atoms with Crippen molar-refractivity contribution in [1.82, 2.24) is 4.90 Å². The molecule has 1 aliphatic heterocycles. The minimum atomic E-state index is 0.650. The van der Waals surface area contributed by atoms with E-state index in [1.165, 1.54) is 19.5 Å². The van der Waals surface area contributed by atoms with Gasteiger partial charge in [-0.1, -0.05) is 13.0 Å². The lowest BCUT2D eigenvalue weighted by molar-refractivity contribution is 0.234. The normalized spacial score (nSPS) is 20.1. The number of ether oxygens (including phenoxy) is 1. The van der Waals surface area contributed by atoms with Crippen LogP contribution in [-0.2, 0) is 0 Å². The molecule has 0 saturated carbocycles. The van der Waals surface area contributed by atoms with Crippen LogP contribution in [0.1, 0.15) is 18.9 Å². The van der Waals surface area contributed by atoms with Gasteiger partial charge in [-0.05, 0) is 37.1 Å². The van der Waals surface area contributed by atoms with E-state index < -0.39 is 0 Å². The zero-order valence-electron chi connectivity index (χ0n) is 10.2. The van der Waals surface area contributed by atoms with Crippen LogP contribution < -0.4 is 4.74 Å². The van der Waals surface area contributed by atoms with E-state index in [9.17, 15) is 0 Å². The minimum Gasteiger partial charge on any atom is -0.492 e. The second kappa shape index (κ2) is 5.70. The highest BCUT2D eigenvalue weighted by molar-refractivity contribution is 5.36. The molecule has 3 heteroatoms. The van der Waals surface area contributed by atoms with Gasteiger partial charge in [-0.25, -0.2) is 0 Å². The van der Waals surface area contributed by atoms with Crippen molar-refractivity contribution in [3.05, 3.63) is 29.8 Å². The van der Waals surface area contributed by atoms with Gasteiger partial charge in [-0.2, -0.15) is 5.26 Å². The van der Waals surface area contributed by atoms with Gasteiger partial charge in [0.05, 0.1) is 11.6 Å². The van der Waals surface area contributed by atoms with E-state index in [2.05, 4.69) is 17.9 Å². The summed E-state index contributed by atoms with van der Waals surface area (Å²) in [5, 5.41) is 8.78. The summed E-state index contributed by atoms with van der Waals surface area (Å²) in [6.45, 7) is 6.32. The first kappa shape index (κ1) is 11.9. The predicted octanol–water partition coefficient (Wildman–Crippen LogP) is 2.28. The molecule has 90 valence electrons. The number of hydrogen-bond acceptors (Lipinski definition) is 3. The Labute approximate surface area is 103 Å². The lowest BCUT2D eigenvalue weighted by Gasteiger charge is -2.15. The first-order valence-corrected chi connectivity index (χ1v) is 6.13. The summed E-state index contributed by atoms with van der Waals surface area (Å²) < 4.78 is 5.65. The molecule has 0 amide bonds. The smallest absolute Gasteiger partial charge is 0.120 e. The second-order valence-electron chi connectivity index (χ2n) is 4.68. The lowest BCUT2D eigenvalue weighted by Crippen LogP contribution is -2.25. The molecule has 1 aromatic rings. The summed E-state index contributed by atoms with van der Waals surface area (Å²) in [6, 6.07) is 9.43. The van der Waals surface area contributed by atoms with Gasteiger partial charge in [0.2, 0.25) is 0 Å². The maximum absolute atomic E-state index is 8.78. The average molecular weight is 230 g/mol. The fourth-order valence-corrected chi connectivity index (χ4v) is 2.18. The standard InChI is InChI=1S/C14H18N2O/c1-12-5-6-16(11-12)7-8-17-14-4-2-3-13(9-14)10-15/h2-4,9,12H,5-8,11H2,1H3. The maximum atomic E-state index is 8.78. The number of nitrogens with zero attached hydrogens (tertiary/aromatic N) is 2. The maximum Gasteiger partial charge on any atom is 0.120 e. The molecule has 0 spiro atoms. The van der Waals surface area contributed by atoms with Crippen molar-refractivity contribution in [2.45, 2.75) is 13.3 Å². The number of nitriles is 1. The molecule has 2 rings (SSSR count). The minimum absolute atomic E-state index is 0.650. The molecule has 1 unspecified atom stereocenters. The third-order valence-corrected chi connectivity index (χ3v) is 3.15. The second-order valence-corrected chi connectivity index (χ2v) is 4.68. The summed E-state index contributed by atoms with van der Waals surface area (Å²) in [4.78, 5) is 2.43. The molecule has 1 saturated heterocycles. The molecule has 1 aliphatic rings. The predicted molar refractivity (Wildman–Crippen MR) is 66.9 cm³/mol. The topological polar surface area (TPSA) is 36.3 Å². The van der Waals surface area contributed by atoms with Crippen molar-refractivity contribution < 1.29 is 4.74 Å². The molecule has 0 aromatic heterocycles. The summed E-state index contributed by atoms with van der Waals surface area (Å²) in [5.74, 6) is 1.60. The molecular formula is C14H18N2O. The largest absolute Gasteiger partial charge is 0.492 e. The van der Waals surface area contributed by atoms with Crippen molar-refractivity contribution in [1.29, 1.82) is 5.26 Å². The third-order valence-electron chi connectivity index (χ3n) is 3.15. The number of rotatable bonds is 4. The van der Waals surface area contributed by atoms with Crippen molar-refractivity contribution in [3.63, 3.8) is 0 Å². The SMILES string of the molecule is CC1CCN(CCOc2cccc(C#N)c2)C1. The van der Waals surface area contributed by atoms with Gasteiger partial charge in [0, 0.05) is 13.1 Å². The Bertz CT molecular complexity index is 411. The highest BCUT2D eigenvalue weighted by Crippen LogP contribution is 2.15. The van der Waals surface area contributed by atoms with Crippen LogP contribution in [0.4, 0.5) is 0 Å². The van der Waals surface area contributed by atoms with Gasteiger partial charge in [0.1, 0.15) is 12.4 Å². The number of likely N-dealkylation sites (tertiary alicyclic amines) is 1. The Kier molecular flexibility index (Phi) is 4.00. The van der Waals surface area contributed by atoms with Gasteiger partial charge >= 0.3 is 0 Å². The molecule has 1 fully saturated rings. The molecule has 0 N–H and O–H groups in total. The molecule has 0 radical (unpaired) electrons. The van der Waals surface area contributed by atoms with Crippen molar-refractivity contribution >= 4 is 0 Å². The molecule has 17 heavy (non-hydrogen) atoms. The third kappa shape index (κ3) is 3.47. The van der Waals surface area contributed by atoms with Gasteiger partial charge < -0.3 is 4.74 Å². The van der Waals surface area contributed by atoms with Gasteiger partial charge in [-0.15, -0.1) is 0 Å². The van der Waals surface area contributed by atoms with Crippen LogP contribution in [0, 0.1) is 17.2 Å². The zero-order chi connectivity index (χ0) is 12.1. The van der Waals surface area contributed by atoms with Crippen molar-refractivity contribution in [2.75, 3.05) is 26.2 Å². The lowest BCUT2D eigenvalue weighted by atomic mass is 10.2. The Balaban J connectivity index is 1.76. The summed E-state index contributed by atoms with van der Waals surface area (Å²) in [6.07, 6.45) is 1.30. The van der Waals surface area contributed by atoms with Gasteiger partial charge in [0.15, 0.2) is 0 Å². The van der Waals surface area contributed by atoms with Crippen LogP contribution in [0.3, 0.4) is 0 Å². The van der Waals surface area contributed by atoms with Crippen LogP contribution in [0.5, 0.6) is 5.75 Å². The van der Waals surface area contributed by atoms with Crippen LogP contribution >= 0.6 is 0 Å². The summed E-state index contributed by atoms with van der Waals surface area (Å²) >= 11 is 0. The molecule has 3 nitrogen and oxygen atoms in total. The van der Waals surface area contributed by atoms with E-state index in [-0.39, 0.29) is 0 Å². The fourth-order valence-electron chi connectivity index (χ4n) is 2.18. The van der Waals surface area contributed by atoms with Gasteiger partial charge in [0.25, 0.3) is 0 Å². The number of hydrogen-bond donors (Lipinski definition) is 0. The van der Waals surface area contributed by atoms with E-state index in [0.717, 1.165) is 18.2 Å². The van der Waals surface area contributed by atoms with E-state index in [4.69, 9.17) is 10.00 Å². The first-order chi connectivity index (χ1) is 8.28.